The van der Waals surface area contributed by atoms with Gasteiger partial charge in [0.15, 0.2) is 0 Å². The first-order chi connectivity index (χ1) is 13.9. The fourth-order valence-corrected chi connectivity index (χ4v) is 4.51. The third kappa shape index (κ3) is 3.98. The number of nitrogens with one attached hydrogen (secondary N) is 1. The first-order valence-electron chi connectivity index (χ1n) is 9.35. The molecule has 0 aliphatic rings. The predicted molar refractivity (Wildman–Crippen MR) is 119 cm³/mol. The van der Waals surface area contributed by atoms with Crippen molar-refractivity contribution in [2.45, 2.75) is 27.3 Å². The number of aromatic nitrogens is 2. The van der Waals surface area contributed by atoms with Crippen LogP contribution in [-0.4, -0.2) is 15.5 Å². The molecule has 0 aliphatic heterocycles. The van der Waals surface area contributed by atoms with Gasteiger partial charge in [-0.05, 0) is 55.7 Å². The number of hydrogen-bond donors (Lipinski definition) is 1. The van der Waals surface area contributed by atoms with Gasteiger partial charge in [-0.25, -0.2) is 4.98 Å². The van der Waals surface area contributed by atoms with Crippen molar-refractivity contribution < 1.29 is 4.79 Å². The van der Waals surface area contributed by atoms with Gasteiger partial charge in [0.2, 0.25) is 5.91 Å². The van der Waals surface area contributed by atoms with Gasteiger partial charge < -0.3 is 5.32 Å². The fourth-order valence-electron chi connectivity index (χ4n) is 3.44. The number of carbonyl (C=O) groups excluding carboxylic acids is 1. The second kappa shape index (κ2) is 7.64. The van der Waals surface area contributed by atoms with Gasteiger partial charge in [-0.2, -0.15) is 0 Å². The van der Waals surface area contributed by atoms with Crippen LogP contribution in [0.25, 0.3) is 20.7 Å². The van der Waals surface area contributed by atoms with Crippen LogP contribution in [0.2, 0.25) is 0 Å². The first-order valence-corrected chi connectivity index (χ1v) is 10.2. The summed E-state index contributed by atoms with van der Waals surface area (Å²) in [5.74, 6) is 0.277. The summed E-state index contributed by atoms with van der Waals surface area (Å²) in [6.07, 6.45) is 0. The lowest BCUT2D eigenvalue weighted by Gasteiger charge is -2.11. The Kier molecular flexibility index (Phi) is 5.03. The van der Waals surface area contributed by atoms with E-state index in [0.717, 1.165) is 27.3 Å². The van der Waals surface area contributed by atoms with Gasteiger partial charge >= 0.3 is 0 Å². The second-order valence-electron chi connectivity index (χ2n) is 7.17. The lowest BCUT2D eigenvalue weighted by atomic mass is 10.1. The molecule has 2 aromatic heterocycles. The van der Waals surface area contributed by atoms with Crippen LogP contribution in [0.5, 0.6) is 0 Å². The van der Waals surface area contributed by atoms with Crippen LogP contribution < -0.4 is 10.9 Å². The van der Waals surface area contributed by atoms with E-state index in [0.29, 0.717) is 16.0 Å². The molecule has 6 heteroatoms. The van der Waals surface area contributed by atoms with Crippen molar-refractivity contribution in [3.63, 3.8) is 0 Å². The molecule has 0 fully saturated rings. The van der Waals surface area contributed by atoms with Crippen LogP contribution in [0.3, 0.4) is 0 Å². The van der Waals surface area contributed by atoms with E-state index < -0.39 is 0 Å². The minimum absolute atomic E-state index is 0.0723. The number of amides is 1. The van der Waals surface area contributed by atoms with E-state index in [2.05, 4.69) is 10.3 Å². The Morgan fingerprint density at radius 2 is 1.72 bits per heavy atom. The predicted octanol–water partition coefficient (Wildman–Crippen LogP) is 4.69. The first kappa shape index (κ1) is 19.1. The van der Waals surface area contributed by atoms with Crippen LogP contribution >= 0.6 is 11.3 Å². The molecule has 1 amide bonds. The number of aryl methyl sites for hydroxylation is 3. The zero-order valence-electron chi connectivity index (χ0n) is 16.5. The quantitative estimate of drug-likeness (QED) is 0.538. The fraction of sp³-hybridized carbons (Fsp3) is 0.174. The van der Waals surface area contributed by atoms with E-state index in [1.807, 2.05) is 68.4 Å². The maximum absolute atomic E-state index is 13.0. The van der Waals surface area contributed by atoms with Crippen LogP contribution in [0, 0.1) is 20.8 Å². The summed E-state index contributed by atoms with van der Waals surface area (Å²) < 4.78 is 1.43. The van der Waals surface area contributed by atoms with E-state index in [-0.39, 0.29) is 18.0 Å². The van der Waals surface area contributed by atoms with E-state index in [4.69, 9.17) is 0 Å². The number of fused-ring (bicyclic) bond motifs is 1. The Balaban J connectivity index is 1.65. The number of rotatable bonds is 4. The van der Waals surface area contributed by atoms with Gasteiger partial charge in [-0.15, -0.1) is 11.3 Å². The van der Waals surface area contributed by atoms with Crippen molar-refractivity contribution in [2.24, 2.45) is 0 Å². The molecule has 0 saturated carbocycles. The number of benzene rings is 2. The number of carbonyl (C=O) groups is 1. The van der Waals surface area contributed by atoms with Crippen molar-refractivity contribution in [2.75, 3.05) is 5.32 Å². The van der Waals surface area contributed by atoms with Crippen molar-refractivity contribution >= 4 is 33.1 Å². The third-order valence-electron chi connectivity index (χ3n) is 4.71. The van der Waals surface area contributed by atoms with E-state index in [9.17, 15) is 9.59 Å². The zero-order valence-corrected chi connectivity index (χ0v) is 17.3. The van der Waals surface area contributed by atoms with Crippen LogP contribution in [0.15, 0.2) is 59.4 Å². The average molecular weight is 404 g/mol. The van der Waals surface area contributed by atoms with E-state index in [1.165, 1.54) is 15.9 Å². The second-order valence-corrected chi connectivity index (χ2v) is 8.20. The highest BCUT2D eigenvalue weighted by atomic mass is 32.1. The van der Waals surface area contributed by atoms with Gasteiger partial charge in [-0.1, -0.05) is 36.4 Å². The summed E-state index contributed by atoms with van der Waals surface area (Å²) in [4.78, 5) is 31.9. The Morgan fingerprint density at radius 1 is 1.03 bits per heavy atom. The molecule has 2 aromatic carbocycles. The largest absolute Gasteiger partial charge is 0.325 e. The Bertz CT molecular complexity index is 1250. The highest BCUT2D eigenvalue weighted by Gasteiger charge is 2.15. The Hall–Kier alpha value is -3.25. The maximum atomic E-state index is 13.0. The molecule has 0 aliphatic carbocycles. The zero-order chi connectivity index (χ0) is 20.5. The number of anilines is 1. The third-order valence-corrected chi connectivity index (χ3v) is 5.79. The molecule has 0 spiro atoms. The molecular formula is C23H21N3O2S. The molecule has 4 rings (SSSR count). The van der Waals surface area contributed by atoms with Crippen molar-refractivity contribution in [3.8, 4) is 10.4 Å². The molecule has 0 radical (unpaired) electrons. The monoisotopic (exact) mass is 403 g/mol. The lowest BCUT2D eigenvalue weighted by molar-refractivity contribution is -0.116. The van der Waals surface area contributed by atoms with Crippen molar-refractivity contribution in [1.82, 2.24) is 9.55 Å². The summed E-state index contributed by atoms with van der Waals surface area (Å²) in [5.41, 5.74) is 3.73. The number of hydrogen-bond acceptors (Lipinski definition) is 4. The molecule has 4 aromatic rings. The summed E-state index contributed by atoms with van der Waals surface area (Å²) in [6, 6.07) is 17.6. The Labute approximate surface area is 172 Å². The van der Waals surface area contributed by atoms with Crippen LogP contribution in [0.4, 0.5) is 5.69 Å². The van der Waals surface area contributed by atoms with Crippen LogP contribution in [0.1, 0.15) is 17.0 Å². The molecule has 5 nitrogen and oxygen atoms in total. The molecule has 1 N–H and O–H groups in total. The van der Waals surface area contributed by atoms with Crippen molar-refractivity contribution in [1.29, 1.82) is 0 Å². The SMILES string of the molecule is Cc1cc(C)cc(NC(=O)Cn2c(C)nc3sc(-c4ccccc4)cc3c2=O)c1. The number of nitrogens with zero attached hydrogens (tertiary/aromatic N) is 2. The molecule has 0 unspecified atom stereocenters. The lowest BCUT2D eigenvalue weighted by Crippen LogP contribution is -2.29. The normalized spacial score (nSPS) is 11.0. The van der Waals surface area contributed by atoms with Gasteiger partial charge in [0, 0.05) is 10.6 Å². The van der Waals surface area contributed by atoms with Gasteiger partial charge in [-0.3, -0.25) is 14.2 Å². The molecule has 146 valence electrons. The summed E-state index contributed by atoms with van der Waals surface area (Å²) in [7, 11) is 0. The standard InChI is InChI=1S/C23H21N3O2S/c1-14-9-15(2)11-18(10-14)25-21(27)13-26-16(3)24-22-19(23(26)28)12-20(29-22)17-7-5-4-6-8-17/h4-12H,13H2,1-3H3,(H,25,27). The maximum Gasteiger partial charge on any atom is 0.262 e. The molecule has 29 heavy (non-hydrogen) atoms. The average Bonchev–Trinajstić information content (AvgIpc) is 3.09. The molecule has 0 atom stereocenters. The highest BCUT2D eigenvalue weighted by molar-refractivity contribution is 7.21. The molecule has 0 bridgehead atoms. The topological polar surface area (TPSA) is 64.0 Å². The molecular weight excluding hydrogens is 382 g/mol. The summed E-state index contributed by atoms with van der Waals surface area (Å²) in [5, 5.41) is 3.42. The van der Waals surface area contributed by atoms with Gasteiger partial charge in [0.05, 0.1) is 5.39 Å². The van der Waals surface area contributed by atoms with Gasteiger partial charge in [0.1, 0.15) is 17.2 Å². The Morgan fingerprint density at radius 3 is 2.41 bits per heavy atom. The molecule has 0 saturated heterocycles. The van der Waals surface area contributed by atoms with E-state index in [1.54, 1.807) is 6.92 Å². The van der Waals surface area contributed by atoms with Crippen LogP contribution in [-0.2, 0) is 11.3 Å². The minimum Gasteiger partial charge on any atom is -0.325 e. The van der Waals surface area contributed by atoms with E-state index >= 15 is 0 Å². The summed E-state index contributed by atoms with van der Waals surface area (Å²) in [6.45, 7) is 5.65. The van der Waals surface area contributed by atoms with Crippen molar-refractivity contribution in [3.05, 3.63) is 81.9 Å². The minimum atomic E-state index is -0.250. The van der Waals surface area contributed by atoms with Gasteiger partial charge in [0.25, 0.3) is 5.56 Å². The smallest absolute Gasteiger partial charge is 0.262 e. The summed E-state index contributed by atoms with van der Waals surface area (Å²) >= 11 is 1.49. The number of thiophene rings is 1. The highest BCUT2D eigenvalue weighted by Crippen LogP contribution is 2.30. The molecule has 2 heterocycles.